The molecule has 1 atom stereocenters. The summed E-state index contributed by atoms with van der Waals surface area (Å²) in [7, 11) is 0. The van der Waals surface area contributed by atoms with Crippen LogP contribution in [0.15, 0.2) is 34.9 Å². The smallest absolute Gasteiger partial charge is 0.198 e. The number of rotatable bonds is 3. The lowest BCUT2D eigenvalue weighted by Crippen LogP contribution is -2.29. The van der Waals surface area contributed by atoms with Crippen LogP contribution in [-0.4, -0.2) is 6.61 Å². The minimum Gasteiger partial charge on any atom is -0.493 e. The monoisotopic (exact) mass is 264 g/mol. The Balaban J connectivity index is 2.08. The van der Waals surface area contributed by atoms with Gasteiger partial charge in [0.05, 0.1) is 18.9 Å². The van der Waals surface area contributed by atoms with Gasteiger partial charge in [-0.3, -0.25) is 5.84 Å². The molecule has 0 fully saturated rings. The van der Waals surface area contributed by atoms with E-state index in [-0.39, 0.29) is 6.04 Å². The molecule has 0 bridgehead atoms. The molecule has 2 heterocycles. The summed E-state index contributed by atoms with van der Waals surface area (Å²) in [6.45, 7) is 0.711. The fourth-order valence-corrected chi connectivity index (χ4v) is 2.55. The van der Waals surface area contributed by atoms with E-state index in [1.165, 1.54) is 5.56 Å². The Morgan fingerprint density at radius 3 is 2.89 bits per heavy atom. The summed E-state index contributed by atoms with van der Waals surface area (Å²) in [4.78, 5) is 0. The highest BCUT2D eigenvalue weighted by Crippen LogP contribution is 2.37. The molecule has 0 amide bonds. The second kappa shape index (κ2) is 4.65. The first-order valence-corrected chi connectivity index (χ1v) is 6.12. The molecule has 0 spiro atoms. The molecular weight excluding hydrogens is 252 g/mol. The number of hydrazine groups is 1. The van der Waals surface area contributed by atoms with Gasteiger partial charge in [-0.15, -0.1) is 0 Å². The van der Waals surface area contributed by atoms with E-state index >= 15 is 0 Å². The fraction of sp³-hybridized carbons (Fsp3) is 0.231. The molecule has 0 radical (unpaired) electrons. The Labute approximate surface area is 110 Å². The van der Waals surface area contributed by atoms with Crippen molar-refractivity contribution in [1.29, 1.82) is 0 Å². The van der Waals surface area contributed by atoms with Crippen molar-refractivity contribution in [2.75, 3.05) is 6.61 Å². The number of fused-ring (bicyclic) bond motifs is 1. The van der Waals surface area contributed by atoms with Crippen LogP contribution in [0.2, 0.25) is 5.22 Å². The number of benzene rings is 1. The van der Waals surface area contributed by atoms with Crippen LogP contribution in [0.3, 0.4) is 0 Å². The van der Waals surface area contributed by atoms with Crippen LogP contribution in [0.4, 0.5) is 0 Å². The number of hydrogen-bond acceptors (Lipinski definition) is 4. The van der Waals surface area contributed by atoms with Crippen LogP contribution in [-0.2, 0) is 6.42 Å². The molecule has 0 saturated heterocycles. The van der Waals surface area contributed by atoms with Gasteiger partial charge in [0.25, 0.3) is 0 Å². The van der Waals surface area contributed by atoms with Crippen molar-refractivity contribution in [3.8, 4) is 5.75 Å². The minimum absolute atomic E-state index is 0.232. The lowest BCUT2D eigenvalue weighted by Gasteiger charge is -2.18. The summed E-state index contributed by atoms with van der Waals surface area (Å²) in [5, 5.41) is 0.341. The molecule has 18 heavy (non-hydrogen) atoms. The molecule has 1 aliphatic heterocycles. The zero-order valence-corrected chi connectivity index (χ0v) is 10.4. The van der Waals surface area contributed by atoms with Gasteiger partial charge in [-0.2, -0.15) is 0 Å². The Morgan fingerprint density at radius 1 is 1.28 bits per heavy atom. The lowest BCUT2D eigenvalue weighted by molar-refractivity contribution is 0.350. The van der Waals surface area contributed by atoms with Gasteiger partial charge in [0, 0.05) is 17.5 Å². The predicted molar refractivity (Wildman–Crippen MR) is 68.5 cm³/mol. The highest BCUT2D eigenvalue weighted by molar-refractivity contribution is 6.29. The number of nitrogens with one attached hydrogen (secondary N) is 1. The second-order valence-corrected chi connectivity index (χ2v) is 4.53. The molecule has 2 aromatic rings. The van der Waals surface area contributed by atoms with Gasteiger partial charge in [0.1, 0.15) is 5.75 Å². The Kier molecular flexibility index (Phi) is 2.99. The quantitative estimate of drug-likeness (QED) is 0.660. The number of hydrogen-bond donors (Lipinski definition) is 2. The van der Waals surface area contributed by atoms with Crippen LogP contribution >= 0.6 is 11.6 Å². The second-order valence-electron chi connectivity index (χ2n) is 4.18. The average molecular weight is 265 g/mol. The first-order chi connectivity index (χ1) is 8.81. The summed E-state index contributed by atoms with van der Waals surface area (Å²) >= 11 is 6.01. The van der Waals surface area contributed by atoms with Gasteiger partial charge in [-0.1, -0.05) is 18.2 Å². The van der Waals surface area contributed by atoms with E-state index in [2.05, 4.69) is 11.5 Å². The summed E-state index contributed by atoms with van der Waals surface area (Å²) in [5.74, 6) is 6.55. The molecule has 3 rings (SSSR count). The van der Waals surface area contributed by atoms with Crippen LogP contribution in [0.5, 0.6) is 5.75 Å². The number of halogens is 1. The third-order valence-electron chi connectivity index (χ3n) is 3.18. The summed E-state index contributed by atoms with van der Waals surface area (Å²) in [5.41, 5.74) is 5.76. The Bertz CT molecular complexity index is 568. The van der Waals surface area contributed by atoms with E-state index in [0.717, 1.165) is 23.3 Å². The number of nitrogens with two attached hydrogens (primary N) is 1. The third-order valence-corrected chi connectivity index (χ3v) is 3.49. The average Bonchev–Trinajstić information content (AvgIpc) is 3.00. The predicted octanol–water partition coefficient (Wildman–Crippen LogP) is 2.42. The molecule has 4 nitrogen and oxygen atoms in total. The Hall–Kier alpha value is -1.49. The van der Waals surface area contributed by atoms with E-state index in [1.54, 1.807) is 12.3 Å². The summed E-state index contributed by atoms with van der Waals surface area (Å²) in [6.07, 6.45) is 2.48. The van der Waals surface area contributed by atoms with Crippen LogP contribution < -0.4 is 16.0 Å². The van der Waals surface area contributed by atoms with Gasteiger partial charge in [0.15, 0.2) is 5.22 Å². The van der Waals surface area contributed by atoms with Gasteiger partial charge < -0.3 is 9.15 Å². The molecule has 0 saturated carbocycles. The van der Waals surface area contributed by atoms with Crippen molar-refractivity contribution in [3.05, 3.63) is 52.4 Å². The maximum Gasteiger partial charge on any atom is 0.198 e. The fourth-order valence-electron chi connectivity index (χ4n) is 2.33. The molecule has 94 valence electrons. The van der Waals surface area contributed by atoms with E-state index in [9.17, 15) is 0 Å². The standard InChI is InChI=1S/C13H13ClN2O2/c14-13-10(5-7-18-13)11(16-15)9-3-1-2-8-4-6-17-12(8)9/h1-3,5,7,11,16H,4,6,15H2. The zero-order valence-electron chi connectivity index (χ0n) is 9.65. The van der Waals surface area contributed by atoms with Crippen LogP contribution in [0.25, 0.3) is 0 Å². The van der Waals surface area contributed by atoms with Crippen molar-refractivity contribution in [3.63, 3.8) is 0 Å². The molecule has 3 N–H and O–H groups in total. The SMILES string of the molecule is NNC(c1ccoc1Cl)c1cccc2c1OCC2. The van der Waals surface area contributed by atoms with Crippen molar-refractivity contribution in [2.45, 2.75) is 12.5 Å². The van der Waals surface area contributed by atoms with Gasteiger partial charge >= 0.3 is 0 Å². The number of ether oxygens (including phenoxy) is 1. The van der Waals surface area contributed by atoms with Gasteiger partial charge in [-0.05, 0) is 23.2 Å². The first kappa shape index (κ1) is 11.6. The van der Waals surface area contributed by atoms with Crippen molar-refractivity contribution in [2.24, 2.45) is 5.84 Å². The van der Waals surface area contributed by atoms with Gasteiger partial charge in [-0.25, -0.2) is 5.43 Å². The van der Waals surface area contributed by atoms with E-state index in [0.29, 0.717) is 11.8 Å². The highest BCUT2D eigenvalue weighted by Gasteiger charge is 2.25. The maximum atomic E-state index is 6.01. The van der Waals surface area contributed by atoms with Gasteiger partial charge in [0.2, 0.25) is 0 Å². The van der Waals surface area contributed by atoms with E-state index < -0.39 is 0 Å². The lowest BCUT2D eigenvalue weighted by atomic mass is 9.98. The topological polar surface area (TPSA) is 60.4 Å². The van der Waals surface area contributed by atoms with Crippen molar-refractivity contribution >= 4 is 11.6 Å². The molecule has 1 unspecified atom stereocenters. The first-order valence-electron chi connectivity index (χ1n) is 5.75. The Morgan fingerprint density at radius 2 is 2.17 bits per heavy atom. The molecule has 5 heteroatoms. The molecule has 0 aliphatic carbocycles. The normalized spacial score (nSPS) is 15.2. The highest BCUT2D eigenvalue weighted by atomic mass is 35.5. The summed E-state index contributed by atoms with van der Waals surface area (Å²) < 4.78 is 10.8. The van der Waals surface area contributed by atoms with Crippen molar-refractivity contribution in [1.82, 2.24) is 5.43 Å². The van der Waals surface area contributed by atoms with Crippen LogP contribution in [0, 0.1) is 0 Å². The van der Waals surface area contributed by atoms with E-state index in [1.807, 2.05) is 12.1 Å². The maximum absolute atomic E-state index is 6.01. The number of para-hydroxylation sites is 1. The van der Waals surface area contributed by atoms with E-state index in [4.69, 9.17) is 26.6 Å². The third kappa shape index (κ3) is 1.79. The zero-order chi connectivity index (χ0) is 12.5. The van der Waals surface area contributed by atoms with Crippen molar-refractivity contribution < 1.29 is 9.15 Å². The molecule has 1 aromatic heterocycles. The number of furan rings is 1. The largest absolute Gasteiger partial charge is 0.493 e. The molecular formula is C13H13ClN2O2. The summed E-state index contributed by atoms with van der Waals surface area (Å²) in [6, 6.07) is 7.63. The molecule has 1 aromatic carbocycles. The van der Waals surface area contributed by atoms with Crippen LogP contribution in [0.1, 0.15) is 22.7 Å². The minimum atomic E-state index is -0.232. The molecule has 1 aliphatic rings.